The van der Waals surface area contributed by atoms with Crippen LogP contribution >= 0.6 is 0 Å². The molecule has 0 saturated heterocycles. The first kappa shape index (κ1) is 15.3. The molecule has 0 spiro atoms. The molecule has 0 fully saturated rings. The summed E-state index contributed by atoms with van der Waals surface area (Å²) in [6, 6.07) is 5.60. The van der Waals surface area contributed by atoms with Crippen LogP contribution in [0.15, 0.2) is 18.2 Å². The van der Waals surface area contributed by atoms with Crippen molar-refractivity contribution in [2.24, 2.45) is 0 Å². The number of hydrogen-bond acceptors (Lipinski definition) is 2. The Morgan fingerprint density at radius 1 is 1.42 bits per heavy atom. The summed E-state index contributed by atoms with van der Waals surface area (Å²) in [5.74, 6) is 5.76. The highest BCUT2D eigenvalue weighted by molar-refractivity contribution is 5.96. The maximum atomic E-state index is 12.0. The molecule has 2 N–H and O–H groups in total. The van der Waals surface area contributed by atoms with Crippen molar-refractivity contribution in [2.75, 3.05) is 13.2 Å². The number of hydrogen-bond donors (Lipinski definition) is 2. The molecule has 1 aromatic carbocycles. The third-order valence-electron chi connectivity index (χ3n) is 2.77. The Bertz CT molecular complexity index is 483. The molecular weight excluding hydrogens is 238 g/mol. The number of aliphatic hydroxyl groups excluding tert-OH is 1. The van der Waals surface area contributed by atoms with E-state index in [0.29, 0.717) is 18.5 Å². The van der Waals surface area contributed by atoms with Gasteiger partial charge in [0.25, 0.3) is 5.91 Å². The van der Waals surface area contributed by atoms with Crippen molar-refractivity contribution >= 4 is 5.91 Å². The summed E-state index contributed by atoms with van der Waals surface area (Å²) in [5, 5.41) is 11.6. The van der Waals surface area contributed by atoms with Crippen LogP contribution in [0, 0.1) is 18.8 Å². The number of nitrogens with one attached hydrogen (secondary N) is 1. The van der Waals surface area contributed by atoms with E-state index in [-0.39, 0.29) is 12.5 Å². The van der Waals surface area contributed by atoms with Gasteiger partial charge in [-0.25, -0.2) is 0 Å². The van der Waals surface area contributed by atoms with Crippen molar-refractivity contribution in [1.29, 1.82) is 0 Å². The maximum Gasteiger partial charge on any atom is 0.251 e. The molecule has 0 heterocycles. The Balaban J connectivity index is 2.79. The lowest BCUT2D eigenvalue weighted by Crippen LogP contribution is -2.25. The number of aliphatic hydroxyl groups is 1. The summed E-state index contributed by atoms with van der Waals surface area (Å²) in [4.78, 5) is 12.0. The number of amides is 1. The van der Waals surface area contributed by atoms with Crippen LogP contribution in [0.25, 0.3) is 0 Å². The second kappa shape index (κ2) is 8.34. The monoisotopic (exact) mass is 259 g/mol. The largest absolute Gasteiger partial charge is 0.395 e. The minimum absolute atomic E-state index is 0.0447. The second-order valence-corrected chi connectivity index (χ2v) is 4.41. The molecule has 0 saturated carbocycles. The molecule has 0 aliphatic rings. The number of benzene rings is 1. The Kier molecular flexibility index (Phi) is 6.70. The van der Waals surface area contributed by atoms with E-state index in [1.54, 1.807) is 6.07 Å². The van der Waals surface area contributed by atoms with Crippen LogP contribution in [0.3, 0.4) is 0 Å². The Morgan fingerprint density at radius 2 is 2.21 bits per heavy atom. The van der Waals surface area contributed by atoms with E-state index in [1.807, 2.05) is 19.1 Å². The molecule has 1 amide bonds. The number of unbranched alkanes of at least 4 members (excludes halogenated alkanes) is 1. The van der Waals surface area contributed by atoms with Crippen LogP contribution in [0.2, 0.25) is 0 Å². The zero-order valence-corrected chi connectivity index (χ0v) is 11.6. The SMILES string of the molecule is CCCCNC(=O)c1cc(C#CCCO)ccc1C. The average Bonchev–Trinajstić information content (AvgIpc) is 2.41. The van der Waals surface area contributed by atoms with Crippen molar-refractivity contribution in [2.45, 2.75) is 33.1 Å². The summed E-state index contributed by atoms with van der Waals surface area (Å²) in [6.45, 7) is 4.77. The fraction of sp³-hybridized carbons (Fsp3) is 0.438. The van der Waals surface area contributed by atoms with Crippen LogP contribution < -0.4 is 5.32 Å². The Morgan fingerprint density at radius 3 is 2.89 bits per heavy atom. The first-order valence-electron chi connectivity index (χ1n) is 6.67. The maximum absolute atomic E-state index is 12.0. The van der Waals surface area contributed by atoms with Crippen LogP contribution in [0.4, 0.5) is 0 Å². The minimum Gasteiger partial charge on any atom is -0.395 e. The van der Waals surface area contributed by atoms with Crippen LogP contribution in [-0.2, 0) is 0 Å². The fourth-order valence-electron chi connectivity index (χ4n) is 1.64. The highest BCUT2D eigenvalue weighted by Crippen LogP contribution is 2.10. The van der Waals surface area contributed by atoms with Gasteiger partial charge in [0, 0.05) is 24.1 Å². The highest BCUT2D eigenvalue weighted by atomic mass is 16.2. The lowest BCUT2D eigenvalue weighted by Gasteiger charge is -2.07. The molecule has 0 bridgehead atoms. The average molecular weight is 259 g/mol. The van der Waals surface area contributed by atoms with Crippen LogP contribution in [0.5, 0.6) is 0 Å². The topological polar surface area (TPSA) is 49.3 Å². The van der Waals surface area contributed by atoms with Gasteiger partial charge in [0.2, 0.25) is 0 Å². The number of carbonyl (C=O) groups is 1. The zero-order valence-electron chi connectivity index (χ0n) is 11.6. The van der Waals surface area contributed by atoms with Gasteiger partial charge in [-0.05, 0) is 31.0 Å². The predicted octanol–water partition coefficient (Wildman–Crippen LogP) is 2.26. The van der Waals surface area contributed by atoms with Crippen molar-refractivity contribution in [1.82, 2.24) is 5.32 Å². The molecular formula is C16H21NO2. The Labute approximate surface area is 115 Å². The molecule has 0 atom stereocenters. The van der Waals surface area contributed by atoms with E-state index in [4.69, 9.17) is 5.11 Å². The lowest BCUT2D eigenvalue weighted by molar-refractivity contribution is 0.0952. The first-order chi connectivity index (χ1) is 9.19. The number of rotatable bonds is 5. The van der Waals surface area contributed by atoms with Gasteiger partial charge < -0.3 is 10.4 Å². The van der Waals surface area contributed by atoms with E-state index in [9.17, 15) is 4.79 Å². The number of carbonyl (C=O) groups excluding carboxylic acids is 1. The molecule has 1 aromatic rings. The molecule has 19 heavy (non-hydrogen) atoms. The van der Waals surface area contributed by atoms with Gasteiger partial charge in [-0.3, -0.25) is 4.79 Å². The van der Waals surface area contributed by atoms with E-state index >= 15 is 0 Å². The lowest BCUT2D eigenvalue weighted by atomic mass is 10.0. The smallest absolute Gasteiger partial charge is 0.251 e. The standard InChI is InChI=1S/C16H21NO2/c1-3-4-10-17-16(19)15-12-14(7-5-6-11-18)9-8-13(15)2/h8-9,12,18H,3-4,6,10-11H2,1-2H3,(H,17,19). The summed E-state index contributed by atoms with van der Waals surface area (Å²) in [6.07, 6.45) is 2.50. The molecule has 3 heteroatoms. The van der Waals surface area contributed by atoms with Crippen molar-refractivity contribution in [3.63, 3.8) is 0 Å². The molecule has 0 radical (unpaired) electrons. The molecule has 1 rings (SSSR count). The molecule has 3 nitrogen and oxygen atoms in total. The second-order valence-electron chi connectivity index (χ2n) is 4.41. The Hall–Kier alpha value is -1.79. The fourth-order valence-corrected chi connectivity index (χ4v) is 1.64. The molecule has 0 unspecified atom stereocenters. The summed E-state index contributed by atoms with van der Waals surface area (Å²) < 4.78 is 0. The quantitative estimate of drug-likeness (QED) is 0.629. The third kappa shape index (κ3) is 5.15. The van der Waals surface area contributed by atoms with Gasteiger partial charge in [0.1, 0.15) is 0 Å². The molecule has 0 aliphatic carbocycles. The van der Waals surface area contributed by atoms with Crippen LogP contribution in [-0.4, -0.2) is 24.2 Å². The van der Waals surface area contributed by atoms with Gasteiger partial charge in [0.05, 0.1) is 6.61 Å². The summed E-state index contributed by atoms with van der Waals surface area (Å²) >= 11 is 0. The highest BCUT2D eigenvalue weighted by Gasteiger charge is 2.08. The van der Waals surface area contributed by atoms with Gasteiger partial charge in [-0.2, -0.15) is 0 Å². The summed E-state index contributed by atoms with van der Waals surface area (Å²) in [5.41, 5.74) is 2.42. The minimum atomic E-state index is -0.0447. The van der Waals surface area contributed by atoms with Gasteiger partial charge >= 0.3 is 0 Å². The third-order valence-corrected chi connectivity index (χ3v) is 2.77. The molecule has 0 aromatic heterocycles. The van der Waals surface area contributed by atoms with E-state index in [0.717, 1.165) is 24.0 Å². The van der Waals surface area contributed by atoms with Gasteiger partial charge in [-0.15, -0.1) is 0 Å². The van der Waals surface area contributed by atoms with Crippen LogP contribution in [0.1, 0.15) is 47.7 Å². The van der Waals surface area contributed by atoms with Crippen molar-refractivity contribution < 1.29 is 9.90 Å². The predicted molar refractivity (Wildman–Crippen MR) is 77.0 cm³/mol. The normalized spacial score (nSPS) is 9.63. The number of aryl methyl sites for hydroxylation is 1. The van der Waals surface area contributed by atoms with Crippen molar-refractivity contribution in [3.05, 3.63) is 34.9 Å². The zero-order chi connectivity index (χ0) is 14.1. The van der Waals surface area contributed by atoms with E-state index in [2.05, 4.69) is 24.1 Å². The van der Waals surface area contributed by atoms with Crippen molar-refractivity contribution in [3.8, 4) is 11.8 Å². The summed E-state index contributed by atoms with van der Waals surface area (Å²) in [7, 11) is 0. The van der Waals surface area contributed by atoms with Gasteiger partial charge in [-0.1, -0.05) is 31.3 Å². The molecule has 0 aliphatic heterocycles. The molecule has 102 valence electrons. The van der Waals surface area contributed by atoms with E-state index < -0.39 is 0 Å². The van der Waals surface area contributed by atoms with Gasteiger partial charge in [0.15, 0.2) is 0 Å². The van der Waals surface area contributed by atoms with E-state index in [1.165, 1.54) is 0 Å². The first-order valence-corrected chi connectivity index (χ1v) is 6.67.